The van der Waals surface area contributed by atoms with Crippen molar-refractivity contribution >= 4 is 17.4 Å². The molecule has 0 aliphatic heterocycles. The Balaban J connectivity index is 2.40. The highest BCUT2D eigenvalue weighted by Crippen LogP contribution is 2.11. The Kier molecular flexibility index (Phi) is 5.45. The number of nitrogens with one attached hydrogen (secondary N) is 2. The lowest BCUT2D eigenvalue weighted by molar-refractivity contribution is -0.120. The van der Waals surface area contributed by atoms with E-state index in [2.05, 4.69) is 15.6 Å². The zero-order valence-electron chi connectivity index (χ0n) is 10.4. The van der Waals surface area contributed by atoms with Crippen LogP contribution in [0, 0.1) is 11.3 Å². The number of aromatic nitrogens is 1. The Hall–Kier alpha value is -2.29. The zero-order chi connectivity index (χ0) is 13.4. The van der Waals surface area contributed by atoms with Gasteiger partial charge in [0.25, 0.3) is 0 Å². The Morgan fingerprint density at radius 1 is 1.50 bits per heavy atom. The number of hydrogen-bond acceptors (Lipinski definition) is 5. The normalized spacial score (nSPS) is 9.56. The fourth-order valence-corrected chi connectivity index (χ4v) is 1.31. The lowest BCUT2D eigenvalue weighted by atomic mass is 10.3. The maximum Gasteiger partial charge on any atom is 0.221 e. The Morgan fingerprint density at radius 3 is 2.94 bits per heavy atom. The summed E-state index contributed by atoms with van der Waals surface area (Å²) >= 11 is 0. The molecule has 1 aromatic heterocycles. The van der Waals surface area contributed by atoms with Crippen molar-refractivity contribution < 1.29 is 4.79 Å². The Morgan fingerprint density at radius 2 is 2.28 bits per heavy atom. The van der Waals surface area contributed by atoms with Gasteiger partial charge in [-0.2, -0.15) is 5.26 Å². The quantitative estimate of drug-likeness (QED) is 0.691. The minimum absolute atomic E-state index is 0.000279. The van der Waals surface area contributed by atoms with Crippen LogP contribution in [0.2, 0.25) is 0 Å². The van der Waals surface area contributed by atoms with E-state index in [1.807, 2.05) is 13.0 Å². The standard InChI is InChI=1S/C12H17N5O/c1-2-6-16-12(18)5-7-15-11-4-3-9(14)10(8-13)17-11/h3-4H,2,5-7,14H2,1H3,(H,15,17)(H,16,18). The molecule has 96 valence electrons. The summed E-state index contributed by atoms with van der Waals surface area (Å²) in [7, 11) is 0. The molecule has 1 aromatic rings. The van der Waals surface area contributed by atoms with Crippen molar-refractivity contribution in [3.05, 3.63) is 17.8 Å². The number of hydrogen-bond donors (Lipinski definition) is 3. The van der Waals surface area contributed by atoms with Crippen LogP contribution in [0.25, 0.3) is 0 Å². The predicted octanol–water partition coefficient (Wildman–Crippen LogP) is 0.864. The summed E-state index contributed by atoms with van der Waals surface area (Å²) in [6.07, 6.45) is 1.29. The zero-order valence-corrected chi connectivity index (χ0v) is 10.4. The van der Waals surface area contributed by atoms with E-state index in [1.54, 1.807) is 12.1 Å². The summed E-state index contributed by atoms with van der Waals surface area (Å²) in [5, 5.41) is 14.5. The van der Waals surface area contributed by atoms with E-state index in [9.17, 15) is 4.79 Å². The van der Waals surface area contributed by atoms with Gasteiger partial charge in [0.15, 0.2) is 5.69 Å². The first-order valence-corrected chi connectivity index (χ1v) is 5.84. The van der Waals surface area contributed by atoms with Crippen LogP contribution in [0.5, 0.6) is 0 Å². The van der Waals surface area contributed by atoms with Crippen molar-refractivity contribution in [3.8, 4) is 6.07 Å². The second-order valence-electron chi connectivity index (χ2n) is 3.77. The fourth-order valence-electron chi connectivity index (χ4n) is 1.31. The van der Waals surface area contributed by atoms with Crippen LogP contribution >= 0.6 is 0 Å². The van der Waals surface area contributed by atoms with Crippen molar-refractivity contribution in [1.82, 2.24) is 10.3 Å². The highest BCUT2D eigenvalue weighted by molar-refractivity contribution is 5.76. The highest BCUT2D eigenvalue weighted by atomic mass is 16.1. The van der Waals surface area contributed by atoms with E-state index in [-0.39, 0.29) is 11.6 Å². The number of carbonyl (C=O) groups is 1. The lowest BCUT2D eigenvalue weighted by Crippen LogP contribution is -2.26. The maximum absolute atomic E-state index is 11.3. The Labute approximate surface area is 106 Å². The number of anilines is 2. The molecule has 4 N–H and O–H groups in total. The Bertz CT molecular complexity index is 452. The van der Waals surface area contributed by atoms with E-state index in [1.165, 1.54) is 0 Å². The van der Waals surface area contributed by atoms with Crippen LogP contribution in [0.1, 0.15) is 25.5 Å². The van der Waals surface area contributed by atoms with Gasteiger partial charge in [0, 0.05) is 19.5 Å². The molecule has 6 heteroatoms. The molecule has 0 atom stereocenters. The van der Waals surface area contributed by atoms with Gasteiger partial charge in [-0.25, -0.2) is 4.98 Å². The van der Waals surface area contributed by atoms with E-state index < -0.39 is 0 Å². The molecule has 0 saturated carbocycles. The number of nitrogen functional groups attached to an aromatic ring is 1. The van der Waals surface area contributed by atoms with Crippen LogP contribution in [0.4, 0.5) is 11.5 Å². The summed E-state index contributed by atoms with van der Waals surface area (Å²) in [5.74, 6) is 0.546. The van der Waals surface area contributed by atoms with Gasteiger partial charge in [-0.3, -0.25) is 4.79 Å². The van der Waals surface area contributed by atoms with Gasteiger partial charge in [0.2, 0.25) is 5.91 Å². The SMILES string of the molecule is CCCNC(=O)CCNc1ccc(N)c(C#N)n1. The third kappa shape index (κ3) is 4.29. The maximum atomic E-state index is 11.3. The van der Waals surface area contributed by atoms with Gasteiger partial charge < -0.3 is 16.4 Å². The first kappa shape index (κ1) is 13.8. The molecule has 6 nitrogen and oxygen atoms in total. The number of nitrogens with zero attached hydrogens (tertiary/aromatic N) is 2. The smallest absolute Gasteiger partial charge is 0.221 e. The van der Waals surface area contributed by atoms with Crippen molar-refractivity contribution in [2.45, 2.75) is 19.8 Å². The second-order valence-corrected chi connectivity index (χ2v) is 3.77. The minimum atomic E-state index is 0.000279. The molecule has 0 unspecified atom stereocenters. The molecule has 0 bridgehead atoms. The number of amides is 1. The molecule has 18 heavy (non-hydrogen) atoms. The molecule has 0 spiro atoms. The molecular formula is C12H17N5O. The van der Waals surface area contributed by atoms with Crippen LogP contribution in [-0.4, -0.2) is 24.0 Å². The summed E-state index contributed by atoms with van der Waals surface area (Å²) in [4.78, 5) is 15.3. The van der Waals surface area contributed by atoms with Crippen molar-refractivity contribution in [1.29, 1.82) is 5.26 Å². The minimum Gasteiger partial charge on any atom is -0.396 e. The first-order chi connectivity index (χ1) is 8.67. The van der Waals surface area contributed by atoms with Crippen LogP contribution in [0.15, 0.2) is 12.1 Å². The first-order valence-electron chi connectivity index (χ1n) is 5.84. The molecule has 0 aromatic carbocycles. The third-order valence-corrected chi connectivity index (χ3v) is 2.26. The average Bonchev–Trinajstić information content (AvgIpc) is 2.38. The fraction of sp³-hybridized carbons (Fsp3) is 0.417. The molecule has 0 aliphatic carbocycles. The summed E-state index contributed by atoms with van der Waals surface area (Å²) < 4.78 is 0. The molecule has 0 fully saturated rings. The highest BCUT2D eigenvalue weighted by Gasteiger charge is 2.03. The van der Waals surface area contributed by atoms with Crippen molar-refractivity contribution in [2.24, 2.45) is 0 Å². The largest absolute Gasteiger partial charge is 0.396 e. The van der Waals surface area contributed by atoms with Gasteiger partial charge >= 0.3 is 0 Å². The molecule has 1 rings (SSSR count). The van der Waals surface area contributed by atoms with E-state index in [4.69, 9.17) is 11.0 Å². The van der Waals surface area contributed by atoms with Crippen LogP contribution in [0.3, 0.4) is 0 Å². The monoisotopic (exact) mass is 247 g/mol. The van der Waals surface area contributed by atoms with E-state index >= 15 is 0 Å². The molecule has 0 aliphatic rings. The molecule has 0 radical (unpaired) electrons. The predicted molar refractivity (Wildman–Crippen MR) is 69.8 cm³/mol. The van der Waals surface area contributed by atoms with Gasteiger partial charge in [0.1, 0.15) is 11.9 Å². The average molecular weight is 247 g/mol. The number of rotatable bonds is 6. The topological polar surface area (TPSA) is 104 Å². The lowest BCUT2D eigenvalue weighted by Gasteiger charge is -2.07. The van der Waals surface area contributed by atoms with Gasteiger partial charge in [-0.1, -0.05) is 6.92 Å². The number of nitriles is 1. The van der Waals surface area contributed by atoms with E-state index in [0.717, 1.165) is 6.42 Å². The summed E-state index contributed by atoms with van der Waals surface area (Å²) in [6.45, 7) is 3.16. The third-order valence-electron chi connectivity index (χ3n) is 2.26. The number of nitrogens with two attached hydrogens (primary N) is 1. The molecular weight excluding hydrogens is 230 g/mol. The van der Waals surface area contributed by atoms with Crippen LogP contribution < -0.4 is 16.4 Å². The molecule has 0 saturated heterocycles. The van der Waals surface area contributed by atoms with Crippen molar-refractivity contribution in [3.63, 3.8) is 0 Å². The number of pyridine rings is 1. The van der Waals surface area contributed by atoms with E-state index in [0.29, 0.717) is 31.0 Å². The summed E-state index contributed by atoms with van der Waals surface area (Å²) in [6, 6.07) is 5.20. The second kappa shape index (κ2) is 7.12. The van der Waals surface area contributed by atoms with Crippen molar-refractivity contribution in [2.75, 3.05) is 24.1 Å². The van der Waals surface area contributed by atoms with Gasteiger partial charge in [0.05, 0.1) is 5.69 Å². The number of carbonyl (C=O) groups excluding carboxylic acids is 1. The molecule has 1 heterocycles. The van der Waals surface area contributed by atoms with Gasteiger partial charge in [-0.15, -0.1) is 0 Å². The molecule has 1 amide bonds. The summed E-state index contributed by atoms with van der Waals surface area (Å²) in [5.41, 5.74) is 6.10. The van der Waals surface area contributed by atoms with Crippen LogP contribution in [-0.2, 0) is 4.79 Å². The van der Waals surface area contributed by atoms with Gasteiger partial charge in [-0.05, 0) is 18.6 Å².